The molecule has 0 unspecified atom stereocenters. The van der Waals surface area contributed by atoms with E-state index in [4.69, 9.17) is 19.9 Å². The van der Waals surface area contributed by atoms with Crippen molar-refractivity contribution in [2.75, 3.05) is 6.61 Å². The summed E-state index contributed by atoms with van der Waals surface area (Å²) >= 11 is 0. The Labute approximate surface area is 245 Å². The molecule has 4 aliphatic carbocycles. The molecule has 0 spiro atoms. The molecule has 2 heterocycles. The molecule has 12 nitrogen and oxygen atoms in total. The Balaban J connectivity index is 1.27. The molecule has 42 heavy (non-hydrogen) atoms. The summed E-state index contributed by atoms with van der Waals surface area (Å²) in [6.45, 7) is 4.11. The first-order valence-electron chi connectivity index (χ1n) is 15.4. The first-order valence-corrected chi connectivity index (χ1v) is 15.4. The van der Waals surface area contributed by atoms with Gasteiger partial charge < -0.3 is 40.4 Å². The van der Waals surface area contributed by atoms with Gasteiger partial charge in [-0.2, -0.15) is 5.10 Å². The lowest BCUT2D eigenvalue weighted by Gasteiger charge is -2.66. The topological polar surface area (TPSA) is 193 Å². The molecule has 2 aliphatic heterocycles. The molecule has 7 N–H and O–H groups in total. The van der Waals surface area contributed by atoms with Gasteiger partial charge in [0.2, 0.25) is 0 Å². The van der Waals surface area contributed by atoms with Gasteiger partial charge in [0.05, 0.1) is 29.5 Å². The average molecular weight is 592 g/mol. The maximum Gasteiger partial charge on any atom is 0.332 e. The van der Waals surface area contributed by atoms with Crippen LogP contribution in [0.5, 0.6) is 0 Å². The summed E-state index contributed by atoms with van der Waals surface area (Å²) in [6.07, 6.45) is 5.06. The fourth-order valence-electron chi connectivity index (χ4n) is 10.00. The predicted octanol–water partition coefficient (Wildman–Crippen LogP) is 1.23. The van der Waals surface area contributed by atoms with Gasteiger partial charge in [0.25, 0.3) is 0 Å². The minimum atomic E-state index is -1.23. The van der Waals surface area contributed by atoms with Gasteiger partial charge in [-0.15, -0.1) is 0 Å². The number of fused-ring (bicyclic) bond motifs is 5. The molecule has 0 aromatic heterocycles. The fourth-order valence-corrected chi connectivity index (χ4v) is 10.00. The summed E-state index contributed by atoms with van der Waals surface area (Å²) in [5.74, 6) is -0.495. The van der Waals surface area contributed by atoms with Gasteiger partial charge in [0.1, 0.15) is 12.7 Å². The highest BCUT2D eigenvalue weighted by Gasteiger charge is 2.71. The highest BCUT2D eigenvalue weighted by molar-refractivity contribution is 5.85. The number of cyclic esters (lactones) is 1. The SMILES string of the molecule is C[C@H]1O[C@@H](O[C@H]2CC[C@]3(/C=N/NC(N)=O)[C@H]4CC[C@]5(C)[C@@H](C6=CC(=O)OC6)CC[C@]5(O)[C@@H]4CC[C@]3(O)C2)C[C@@H](O)[C@H]1O. The minimum Gasteiger partial charge on any atom is -0.458 e. The van der Waals surface area contributed by atoms with Gasteiger partial charge in [-0.1, -0.05) is 6.92 Å². The van der Waals surface area contributed by atoms with E-state index in [0.29, 0.717) is 44.9 Å². The number of hydrogen-bond donors (Lipinski definition) is 6. The zero-order valence-electron chi connectivity index (χ0n) is 24.4. The third-order valence-corrected chi connectivity index (χ3v) is 12.1. The fraction of sp³-hybridized carbons (Fsp3) is 0.833. The summed E-state index contributed by atoms with van der Waals surface area (Å²) < 4.78 is 17.3. The first-order chi connectivity index (χ1) is 19.8. The molecule has 0 radical (unpaired) electrons. The third-order valence-electron chi connectivity index (χ3n) is 12.1. The van der Waals surface area contributed by atoms with E-state index in [0.717, 1.165) is 18.4 Å². The van der Waals surface area contributed by atoms with Gasteiger partial charge in [0.15, 0.2) is 6.29 Å². The highest BCUT2D eigenvalue weighted by atomic mass is 16.7. The molecule has 12 heteroatoms. The lowest BCUT2D eigenvalue weighted by atomic mass is 9.41. The number of esters is 1. The van der Waals surface area contributed by atoms with Gasteiger partial charge in [-0.25, -0.2) is 15.0 Å². The van der Waals surface area contributed by atoms with Gasteiger partial charge in [-0.3, -0.25) is 0 Å². The predicted molar refractivity (Wildman–Crippen MR) is 149 cm³/mol. The summed E-state index contributed by atoms with van der Waals surface area (Å²) in [7, 11) is 0. The third kappa shape index (κ3) is 4.52. The summed E-state index contributed by atoms with van der Waals surface area (Å²) in [6, 6.07) is -0.796. The number of urea groups is 1. The number of nitrogens with two attached hydrogens (primary N) is 1. The molecule has 4 saturated carbocycles. The van der Waals surface area contributed by atoms with Crippen LogP contribution >= 0.6 is 0 Å². The zero-order valence-corrected chi connectivity index (χ0v) is 24.4. The van der Waals surface area contributed by atoms with Crippen LogP contribution in [-0.4, -0.2) is 87.2 Å². The van der Waals surface area contributed by atoms with Crippen LogP contribution in [0.25, 0.3) is 0 Å². The van der Waals surface area contributed by atoms with Crippen molar-refractivity contribution in [2.24, 2.45) is 39.4 Å². The van der Waals surface area contributed by atoms with E-state index in [1.54, 1.807) is 19.2 Å². The van der Waals surface area contributed by atoms with Gasteiger partial charge >= 0.3 is 12.0 Å². The Kier molecular flexibility index (Phi) is 7.50. The number of nitrogens with one attached hydrogen (secondary N) is 1. The summed E-state index contributed by atoms with van der Waals surface area (Å²) in [5.41, 5.74) is 5.09. The minimum absolute atomic E-state index is 0.0488. The van der Waals surface area contributed by atoms with Crippen molar-refractivity contribution in [3.05, 3.63) is 11.6 Å². The van der Waals surface area contributed by atoms with Crippen LogP contribution in [-0.2, 0) is 19.0 Å². The smallest absolute Gasteiger partial charge is 0.332 e. The van der Waals surface area contributed by atoms with Crippen LogP contribution in [0.4, 0.5) is 4.79 Å². The van der Waals surface area contributed by atoms with Gasteiger partial charge in [-0.05, 0) is 81.6 Å². The Hall–Kier alpha value is -2.09. The van der Waals surface area contributed by atoms with Crippen LogP contribution in [0.15, 0.2) is 16.8 Å². The van der Waals surface area contributed by atoms with Crippen molar-refractivity contribution in [1.82, 2.24) is 5.43 Å². The summed E-state index contributed by atoms with van der Waals surface area (Å²) in [4.78, 5) is 23.4. The number of hydrazone groups is 1. The van der Waals surface area contributed by atoms with Crippen LogP contribution in [0.3, 0.4) is 0 Å². The van der Waals surface area contributed by atoms with Crippen molar-refractivity contribution < 1.29 is 44.2 Å². The number of carbonyl (C=O) groups excluding carboxylic acids is 2. The highest BCUT2D eigenvalue weighted by Crippen LogP contribution is 2.70. The van der Waals surface area contributed by atoms with Crippen LogP contribution in [0.1, 0.15) is 78.1 Å². The number of amides is 2. The lowest BCUT2D eigenvalue weighted by molar-refractivity contribution is -0.282. The second-order valence-corrected chi connectivity index (χ2v) is 13.9. The Morgan fingerprint density at radius 1 is 1.14 bits per heavy atom. The monoisotopic (exact) mass is 591 g/mol. The van der Waals surface area contributed by atoms with E-state index in [1.165, 1.54) is 0 Å². The normalized spacial score (nSPS) is 50.4. The summed E-state index contributed by atoms with van der Waals surface area (Å²) in [5, 5.41) is 49.5. The molecule has 0 aromatic carbocycles. The molecule has 2 amide bonds. The number of primary amides is 1. The number of aliphatic hydroxyl groups is 4. The van der Waals surface area contributed by atoms with Crippen molar-refractivity contribution in [1.29, 1.82) is 0 Å². The maximum atomic E-state index is 12.5. The molecular formula is C30H45N3O9. The molecule has 234 valence electrons. The van der Waals surface area contributed by atoms with Gasteiger partial charge in [0, 0.05) is 36.0 Å². The molecule has 0 bridgehead atoms. The van der Waals surface area contributed by atoms with Crippen molar-refractivity contribution in [2.45, 2.75) is 120 Å². The average Bonchev–Trinajstić information content (AvgIpc) is 3.46. The Morgan fingerprint density at radius 2 is 1.90 bits per heavy atom. The second-order valence-electron chi connectivity index (χ2n) is 13.9. The molecule has 6 rings (SSSR count). The van der Waals surface area contributed by atoms with E-state index in [2.05, 4.69) is 17.5 Å². The molecular weight excluding hydrogens is 546 g/mol. The van der Waals surface area contributed by atoms with Crippen molar-refractivity contribution >= 4 is 18.2 Å². The Morgan fingerprint density at radius 3 is 2.60 bits per heavy atom. The van der Waals surface area contributed by atoms with Crippen LogP contribution in [0, 0.1) is 28.6 Å². The number of hydrogen-bond acceptors (Lipinski definition) is 10. The standard InChI is InChI=1S/C30H45N3O9/c1-16-25(36)22(34)12-24(41-16)42-18-3-8-28(15-32-33-26(31)37)20-4-7-27(2)19(17-11-23(35)40-14-17)6-10-30(27,39)21(20)5-9-29(28,38)13-18/h11,15-16,18-22,24-25,34,36,38-39H,3-10,12-14H2,1-2H3,(H3,31,33,37)/b32-15+/t16-,18+,19-,20+,21-,22-,24+,25+,27-,28+,29+,30+/m1/s1. The second kappa shape index (κ2) is 10.5. The first kappa shape index (κ1) is 30.0. The number of aliphatic hydroxyl groups excluding tert-OH is 2. The zero-order chi connectivity index (χ0) is 30.1. The largest absolute Gasteiger partial charge is 0.458 e. The van der Waals surface area contributed by atoms with Crippen LogP contribution in [0.2, 0.25) is 0 Å². The molecule has 5 fully saturated rings. The number of carbonyl (C=O) groups is 2. The van der Waals surface area contributed by atoms with Crippen LogP contribution < -0.4 is 11.2 Å². The molecule has 6 aliphatic rings. The van der Waals surface area contributed by atoms with Crippen molar-refractivity contribution in [3.8, 4) is 0 Å². The van der Waals surface area contributed by atoms with E-state index in [1.807, 2.05) is 0 Å². The maximum absolute atomic E-state index is 12.5. The van der Waals surface area contributed by atoms with E-state index >= 15 is 0 Å². The lowest BCUT2D eigenvalue weighted by Crippen LogP contribution is -2.69. The van der Waals surface area contributed by atoms with E-state index < -0.39 is 52.7 Å². The molecule has 0 aromatic rings. The van der Waals surface area contributed by atoms with E-state index in [9.17, 15) is 30.0 Å². The van der Waals surface area contributed by atoms with Crippen molar-refractivity contribution in [3.63, 3.8) is 0 Å². The molecule has 1 saturated heterocycles. The van der Waals surface area contributed by atoms with E-state index in [-0.39, 0.29) is 42.9 Å². The number of rotatable bonds is 5. The Bertz CT molecular complexity index is 1150. The number of ether oxygens (including phenoxy) is 3. The number of nitrogens with zero attached hydrogens (tertiary/aromatic N) is 1. The molecule has 12 atom stereocenters. The quantitative estimate of drug-likeness (QED) is 0.118.